The number of carbonyl (C=O) groups is 1. The van der Waals surface area contributed by atoms with E-state index < -0.39 is 17.8 Å². The molecule has 0 spiro atoms. The molecule has 0 aliphatic rings. The van der Waals surface area contributed by atoms with Gasteiger partial charge < -0.3 is 4.74 Å². The highest BCUT2D eigenvalue weighted by Gasteiger charge is 2.34. The summed E-state index contributed by atoms with van der Waals surface area (Å²) in [5.41, 5.74) is -0.935. The minimum Gasteiger partial charge on any atom is -0.480 e. The number of methoxy groups -OCH3 is 1. The van der Waals surface area contributed by atoms with Crippen LogP contribution < -0.4 is 10.1 Å². The molecule has 106 valence electrons. The highest BCUT2D eigenvalue weighted by molar-refractivity contribution is 7.14. The van der Waals surface area contributed by atoms with Gasteiger partial charge >= 0.3 is 6.18 Å². The standard InChI is InChI=1S/C11H8F3N3O2S/c1-19-9-6(3-2-4-15-9)8(18)17-10-16-7(5-20-10)11(12,13)14/h2-5H,1H3,(H,16,17,18). The zero-order chi connectivity index (χ0) is 14.8. The van der Waals surface area contributed by atoms with Crippen molar-refractivity contribution in [2.75, 3.05) is 12.4 Å². The first kappa shape index (κ1) is 14.3. The Labute approximate surface area is 115 Å². The molecule has 0 aliphatic heterocycles. The summed E-state index contributed by atoms with van der Waals surface area (Å²) < 4.78 is 42.0. The Balaban J connectivity index is 2.18. The zero-order valence-electron chi connectivity index (χ0n) is 10.1. The Bertz CT molecular complexity index is 627. The first-order valence-electron chi connectivity index (χ1n) is 5.25. The monoisotopic (exact) mass is 303 g/mol. The molecule has 0 aromatic carbocycles. The van der Waals surface area contributed by atoms with Gasteiger partial charge in [-0.2, -0.15) is 13.2 Å². The van der Waals surface area contributed by atoms with E-state index in [9.17, 15) is 18.0 Å². The molecule has 0 saturated carbocycles. The summed E-state index contributed by atoms with van der Waals surface area (Å²) in [6, 6.07) is 2.96. The fraction of sp³-hybridized carbons (Fsp3) is 0.182. The highest BCUT2D eigenvalue weighted by atomic mass is 32.1. The van der Waals surface area contributed by atoms with E-state index in [4.69, 9.17) is 4.74 Å². The minimum atomic E-state index is -4.54. The molecule has 1 amide bonds. The van der Waals surface area contributed by atoms with Crippen LogP contribution in [0.1, 0.15) is 16.1 Å². The molecule has 9 heteroatoms. The molecule has 1 N–H and O–H groups in total. The second-order valence-electron chi connectivity index (χ2n) is 3.55. The maximum Gasteiger partial charge on any atom is 0.434 e. The summed E-state index contributed by atoms with van der Waals surface area (Å²) in [5, 5.41) is 2.96. The number of hydrogen-bond acceptors (Lipinski definition) is 5. The maximum atomic E-state index is 12.4. The molecular formula is C11H8F3N3O2S. The number of rotatable bonds is 3. The Morgan fingerprint density at radius 1 is 1.45 bits per heavy atom. The summed E-state index contributed by atoms with van der Waals surface area (Å²) in [6.07, 6.45) is -3.10. The summed E-state index contributed by atoms with van der Waals surface area (Å²) in [7, 11) is 1.34. The third-order valence-electron chi connectivity index (χ3n) is 2.22. The number of pyridine rings is 1. The number of ether oxygens (including phenoxy) is 1. The normalized spacial score (nSPS) is 11.2. The highest BCUT2D eigenvalue weighted by Crippen LogP contribution is 2.31. The van der Waals surface area contributed by atoms with Crippen LogP contribution in [0.2, 0.25) is 0 Å². The Morgan fingerprint density at radius 3 is 2.80 bits per heavy atom. The van der Waals surface area contributed by atoms with Gasteiger partial charge in [0, 0.05) is 11.6 Å². The van der Waals surface area contributed by atoms with Gasteiger partial charge in [-0.3, -0.25) is 10.1 Å². The lowest BCUT2D eigenvalue weighted by atomic mass is 10.2. The molecule has 20 heavy (non-hydrogen) atoms. The topological polar surface area (TPSA) is 64.1 Å². The number of nitrogens with zero attached hydrogens (tertiary/aromatic N) is 2. The Hall–Kier alpha value is -2.16. The second-order valence-corrected chi connectivity index (χ2v) is 4.41. The zero-order valence-corrected chi connectivity index (χ0v) is 10.9. The van der Waals surface area contributed by atoms with Crippen LogP contribution in [-0.4, -0.2) is 23.0 Å². The lowest BCUT2D eigenvalue weighted by Crippen LogP contribution is -2.14. The van der Waals surface area contributed by atoms with Gasteiger partial charge in [0.05, 0.1) is 7.11 Å². The van der Waals surface area contributed by atoms with Crippen LogP contribution in [0.3, 0.4) is 0 Å². The molecule has 0 atom stereocenters. The van der Waals surface area contributed by atoms with Crippen molar-refractivity contribution < 1.29 is 22.7 Å². The van der Waals surface area contributed by atoms with Crippen molar-refractivity contribution in [3.05, 3.63) is 35.0 Å². The molecule has 2 aromatic rings. The van der Waals surface area contributed by atoms with Crippen molar-refractivity contribution in [3.8, 4) is 5.88 Å². The molecule has 5 nitrogen and oxygen atoms in total. The van der Waals surface area contributed by atoms with Crippen LogP contribution >= 0.6 is 11.3 Å². The lowest BCUT2D eigenvalue weighted by Gasteiger charge is -2.06. The maximum absolute atomic E-state index is 12.4. The average molecular weight is 303 g/mol. The average Bonchev–Trinajstić information content (AvgIpc) is 2.87. The van der Waals surface area contributed by atoms with Crippen molar-refractivity contribution in [1.29, 1.82) is 0 Å². The third kappa shape index (κ3) is 3.05. The van der Waals surface area contributed by atoms with Crippen molar-refractivity contribution in [2.24, 2.45) is 0 Å². The molecular weight excluding hydrogens is 295 g/mol. The summed E-state index contributed by atoms with van der Waals surface area (Å²) >= 11 is 0.689. The first-order chi connectivity index (χ1) is 9.41. The Morgan fingerprint density at radius 2 is 2.20 bits per heavy atom. The van der Waals surface area contributed by atoms with E-state index in [2.05, 4.69) is 15.3 Å². The van der Waals surface area contributed by atoms with E-state index in [1.165, 1.54) is 25.4 Å². The number of thiazole rings is 1. The van der Waals surface area contributed by atoms with Crippen molar-refractivity contribution in [3.63, 3.8) is 0 Å². The van der Waals surface area contributed by atoms with Gasteiger partial charge in [-0.25, -0.2) is 9.97 Å². The number of amides is 1. The molecule has 2 heterocycles. The van der Waals surface area contributed by atoms with Crippen LogP contribution in [-0.2, 0) is 6.18 Å². The predicted molar refractivity (Wildman–Crippen MR) is 65.9 cm³/mol. The number of nitrogens with one attached hydrogen (secondary N) is 1. The van der Waals surface area contributed by atoms with Gasteiger partial charge in [-0.15, -0.1) is 11.3 Å². The van der Waals surface area contributed by atoms with Crippen LogP contribution in [0, 0.1) is 0 Å². The van der Waals surface area contributed by atoms with E-state index in [1.54, 1.807) is 0 Å². The third-order valence-corrected chi connectivity index (χ3v) is 2.98. The largest absolute Gasteiger partial charge is 0.480 e. The van der Waals surface area contributed by atoms with Gasteiger partial charge in [0.1, 0.15) is 5.56 Å². The van der Waals surface area contributed by atoms with Gasteiger partial charge in [0.15, 0.2) is 10.8 Å². The fourth-order valence-corrected chi connectivity index (χ4v) is 2.06. The van der Waals surface area contributed by atoms with Crippen molar-refractivity contribution in [2.45, 2.75) is 6.18 Å². The number of carbonyl (C=O) groups excluding carboxylic acids is 1. The number of hydrogen-bond donors (Lipinski definition) is 1. The van der Waals surface area contributed by atoms with Crippen LogP contribution in [0.5, 0.6) is 5.88 Å². The van der Waals surface area contributed by atoms with Crippen LogP contribution in [0.4, 0.5) is 18.3 Å². The predicted octanol–water partition coefficient (Wildman–Crippen LogP) is 2.82. The quantitative estimate of drug-likeness (QED) is 0.947. The van der Waals surface area contributed by atoms with E-state index in [0.717, 1.165) is 5.38 Å². The SMILES string of the molecule is COc1ncccc1C(=O)Nc1nc(C(F)(F)F)cs1. The smallest absolute Gasteiger partial charge is 0.434 e. The van der Waals surface area contributed by atoms with Crippen molar-refractivity contribution >= 4 is 22.4 Å². The van der Waals surface area contributed by atoms with Gasteiger partial charge in [-0.05, 0) is 12.1 Å². The van der Waals surface area contributed by atoms with E-state index in [-0.39, 0.29) is 16.6 Å². The number of aromatic nitrogens is 2. The number of anilines is 1. The number of alkyl halides is 3. The van der Waals surface area contributed by atoms with Crippen LogP contribution in [0.25, 0.3) is 0 Å². The van der Waals surface area contributed by atoms with E-state index in [0.29, 0.717) is 11.3 Å². The summed E-state index contributed by atoms with van der Waals surface area (Å²) in [6.45, 7) is 0. The van der Waals surface area contributed by atoms with E-state index in [1.807, 2.05) is 0 Å². The molecule has 2 aromatic heterocycles. The molecule has 0 bridgehead atoms. The lowest BCUT2D eigenvalue weighted by molar-refractivity contribution is -0.140. The molecule has 0 saturated heterocycles. The summed E-state index contributed by atoms with van der Waals surface area (Å²) in [4.78, 5) is 19.0. The fourth-order valence-electron chi connectivity index (χ4n) is 1.35. The molecule has 2 rings (SSSR count). The number of halogens is 3. The van der Waals surface area contributed by atoms with Crippen molar-refractivity contribution in [1.82, 2.24) is 9.97 Å². The van der Waals surface area contributed by atoms with Crippen LogP contribution in [0.15, 0.2) is 23.7 Å². The molecule has 0 radical (unpaired) electrons. The van der Waals surface area contributed by atoms with Gasteiger partial charge in [0.25, 0.3) is 5.91 Å². The first-order valence-corrected chi connectivity index (χ1v) is 6.13. The second kappa shape index (κ2) is 5.45. The molecule has 0 aliphatic carbocycles. The summed E-state index contributed by atoms with van der Waals surface area (Å²) in [5.74, 6) is -0.560. The van der Waals surface area contributed by atoms with Gasteiger partial charge in [-0.1, -0.05) is 0 Å². The molecule has 0 fully saturated rings. The minimum absolute atomic E-state index is 0.0811. The van der Waals surface area contributed by atoms with Gasteiger partial charge in [0.2, 0.25) is 5.88 Å². The molecule has 0 unspecified atom stereocenters. The van der Waals surface area contributed by atoms with E-state index >= 15 is 0 Å². The Kier molecular flexibility index (Phi) is 3.89.